The molecule has 0 N–H and O–H groups in total. The molecule has 1 aliphatic rings. The molecule has 0 atom stereocenters. The summed E-state index contributed by atoms with van der Waals surface area (Å²) >= 11 is 0. The number of hydrogen-bond acceptors (Lipinski definition) is 0. The molecule has 0 amide bonds. The molecule has 3 rings (SSSR count). The Morgan fingerprint density at radius 2 is 1.30 bits per heavy atom. The second-order valence-electron chi connectivity index (χ2n) is 4.66. The topological polar surface area (TPSA) is 0 Å². The van der Waals surface area contributed by atoms with Gasteiger partial charge in [-0.3, -0.25) is 0 Å². The van der Waals surface area contributed by atoms with Gasteiger partial charge in [-0.25, -0.2) is 0 Å². The highest BCUT2D eigenvalue weighted by Gasteiger charge is 2.16. The maximum Gasteiger partial charge on any atom is -0.0134 e. The smallest absolute Gasteiger partial charge is 0.0134 e. The quantitative estimate of drug-likeness (QED) is 0.723. The van der Waals surface area contributed by atoms with Gasteiger partial charge in [0.05, 0.1) is 0 Å². The van der Waals surface area contributed by atoms with E-state index < -0.39 is 7.92 Å². The van der Waals surface area contributed by atoms with Gasteiger partial charge < -0.3 is 0 Å². The van der Waals surface area contributed by atoms with E-state index in [4.69, 9.17) is 0 Å². The predicted molar refractivity (Wildman–Crippen MR) is 90.1 cm³/mol. The van der Waals surface area contributed by atoms with Crippen LogP contribution in [0.1, 0.15) is 6.42 Å². The summed E-state index contributed by atoms with van der Waals surface area (Å²) < 4.78 is 0. The van der Waals surface area contributed by atoms with Gasteiger partial charge in [-0.15, -0.1) is 0 Å². The molecule has 20 heavy (non-hydrogen) atoms. The Hall–Kier alpha value is -1.91. The third-order valence-corrected chi connectivity index (χ3v) is 5.69. The molecule has 0 aromatic heterocycles. The molecule has 0 nitrogen and oxygen atoms in total. The molecule has 0 spiro atoms. The lowest BCUT2D eigenvalue weighted by atomic mass is 10.4. The van der Waals surface area contributed by atoms with Gasteiger partial charge in [-0.2, -0.15) is 0 Å². The van der Waals surface area contributed by atoms with Crippen molar-refractivity contribution in [3.63, 3.8) is 0 Å². The Morgan fingerprint density at radius 1 is 0.700 bits per heavy atom. The fourth-order valence-electron chi connectivity index (χ4n) is 2.32. The molecule has 0 fully saturated rings. The molecule has 0 unspecified atom stereocenters. The SMILES string of the molecule is C1=CCC=CC(P(c2ccccc2)c2ccccc2)=C1. The van der Waals surface area contributed by atoms with Crippen LogP contribution in [0, 0.1) is 0 Å². The Morgan fingerprint density at radius 3 is 1.90 bits per heavy atom. The molecule has 0 radical (unpaired) electrons. The van der Waals surface area contributed by atoms with Crippen LogP contribution in [0.2, 0.25) is 0 Å². The van der Waals surface area contributed by atoms with Gasteiger partial charge >= 0.3 is 0 Å². The highest BCUT2D eigenvalue weighted by atomic mass is 31.1. The first-order valence-electron chi connectivity index (χ1n) is 6.89. The van der Waals surface area contributed by atoms with Crippen LogP contribution in [0.3, 0.4) is 0 Å². The van der Waals surface area contributed by atoms with Crippen LogP contribution in [-0.4, -0.2) is 0 Å². The first kappa shape index (κ1) is 13.1. The Kier molecular flexibility index (Phi) is 4.25. The second-order valence-corrected chi connectivity index (χ2v) is 6.88. The zero-order valence-electron chi connectivity index (χ0n) is 11.3. The third kappa shape index (κ3) is 2.98. The lowest BCUT2D eigenvalue weighted by molar-refractivity contribution is 1.41. The number of allylic oxidation sites excluding steroid dienone is 6. The molecular weight excluding hydrogens is 259 g/mol. The van der Waals surface area contributed by atoms with Gasteiger partial charge in [0.1, 0.15) is 0 Å². The van der Waals surface area contributed by atoms with Crippen molar-refractivity contribution in [2.45, 2.75) is 6.42 Å². The van der Waals surface area contributed by atoms with Crippen LogP contribution >= 0.6 is 7.92 Å². The lowest BCUT2D eigenvalue weighted by Gasteiger charge is -2.19. The maximum absolute atomic E-state index is 2.28. The van der Waals surface area contributed by atoms with E-state index in [9.17, 15) is 0 Å². The Bertz CT molecular complexity index is 596. The maximum atomic E-state index is 2.28. The molecule has 0 heterocycles. The van der Waals surface area contributed by atoms with Crippen molar-refractivity contribution < 1.29 is 0 Å². The van der Waals surface area contributed by atoms with E-state index in [0.29, 0.717) is 0 Å². The standard InChI is InChI=1S/C19H17P/c1-2-6-12-17(11-5-1)20(18-13-7-3-8-14-18)19-15-9-4-10-16-19/h1,3-16H,2H2. The molecule has 0 aliphatic heterocycles. The molecule has 1 heteroatoms. The third-order valence-electron chi connectivity index (χ3n) is 3.25. The van der Waals surface area contributed by atoms with E-state index in [2.05, 4.69) is 91.0 Å². The lowest BCUT2D eigenvalue weighted by Crippen LogP contribution is -2.12. The van der Waals surface area contributed by atoms with Crippen LogP contribution in [0.15, 0.2) is 96.4 Å². The summed E-state index contributed by atoms with van der Waals surface area (Å²) in [4.78, 5) is 0. The van der Waals surface area contributed by atoms with E-state index in [-0.39, 0.29) is 0 Å². The van der Waals surface area contributed by atoms with Gasteiger partial charge in [0.15, 0.2) is 0 Å². The summed E-state index contributed by atoms with van der Waals surface area (Å²) in [6.45, 7) is 0. The first-order valence-corrected chi connectivity index (χ1v) is 8.23. The van der Waals surface area contributed by atoms with Crippen molar-refractivity contribution in [3.8, 4) is 0 Å². The van der Waals surface area contributed by atoms with Gasteiger partial charge in [0.2, 0.25) is 0 Å². The summed E-state index contributed by atoms with van der Waals surface area (Å²) in [6, 6.07) is 21.6. The van der Waals surface area contributed by atoms with E-state index in [0.717, 1.165) is 6.42 Å². The minimum Gasteiger partial charge on any atom is -0.0807 e. The van der Waals surface area contributed by atoms with E-state index >= 15 is 0 Å². The van der Waals surface area contributed by atoms with Crippen LogP contribution in [-0.2, 0) is 0 Å². The molecule has 0 bridgehead atoms. The van der Waals surface area contributed by atoms with Gasteiger partial charge in [-0.1, -0.05) is 91.0 Å². The van der Waals surface area contributed by atoms with Crippen LogP contribution in [0.5, 0.6) is 0 Å². The average molecular weight is 276 g/mol. The average Bonchev–Trinajstić information content (AvgIpc) is 2.79. The largest absolute Gasteiger partial charge is 0.0807 e. The fraction of sp³-hybridized carbons (Fsp3) is 0.0526. The predicted octanol–water partition coefficient (Wildman–Crippen LogP) is 4.52. The van der Waals surface area contributed by atoms with Crippen LogP contribution < -0.4 is 10.6 Å². The van der Waals surface area contributed by atoms with Gasteiger partial charge in [-0.05, 0) is 30.3 Å². The second kappa shape index (κ2) is 6.50. The molecule has 2 aromatic rings. The van der Waals surface area contributed by atoms with Crippen molar-refractivity contribution in [1.29, 1.82) is 0 Å². The summed E-state index contributed by atoms with van der Waals surface area (Å²) in [7, 11) is -0.463. The number of hydrogen-bond donors (Lipinski definition) is 0. The minimum atomic E-state index is -0.463. The number of benzene rings is 2. The number of rotatable bonds is 3. The van der Waals surface area contributed by atoms with Crippen molar-refractivity contribution in [1.82, 2.24) is 0 Å². The van der Waals surface area contributed by atoms with Gasteiger partial charge in [0.25, 0.3) is 0 Å². The Labute approximate surface area is 121 Å². The van der Waals surface area contributed by atoms with E-state index in [1.54, 1.807) is 0 Å². The summed E-state index contributed by atoms with van der Waals surface area (Å²) in [5.74, 6) is 0. The fourth-order valence-corrected chi connectivity index (χ4v) is 4.64. The van der Waals surface area contributed by atoms with Crippen molar-refractivity contribution in [3.05, 3.63) is 96.4 Å². The zero-order valence-corrected chi connectivity index (χ0v) is 12.2. The molecule has 0 saturated heterocycles. The summed E-state index contributed by atoms with van der Waals surface area (Å²) in [6.07, 6.45) is 12.2. The first-order chi connectivity index (χ1) is 9.95. The minimum absolute atomic E-state index is 0.463. The Balaban J connectivity index is 2.09. The van der Waals surface area contributed by atoms with Crippen LogP contribution in [0.4, 0.5) is 0 Å². The summed E-state index contributed by atoms with van der Waals surface area (Å²) in [5.41, 5.74) is 0. The molecule has 2 aromatic carbocycles. The highest BCUT2D eigenvalue weighted by Crippen LogP contribution is 2.43. The molecular formula is C19H17P. The van der Waals surface area contributed by atoms with Crippen molar-refractivity contribution in [2.24, 2.45) is 0 Å². The van der Waals surface area contributed by atoms with E-state index in [1.165, 1.54) is 15.9 Å². The molecule has 1 aliphatic carbocycles. The highest BCUT2D eigenvalue weighted by molar-refractivity contribution is 7.77. The molecule has 0 saturated carbocycles. The van der Waals surface area contributed by atoms with Crippen molar-refractivity contribution >= 4 is 18.5 Å². The van der Waals surface area contributed by atoms with Gasteiger partial charge in [0, 0.05) is 0 Å². The summed E-state index contributed by atoms with van der Waals surface area (Å²) in [5, 5.41) is 4.21. The normalized spacial score (nSPS) is 14.2. The molecule has 98 valence electrons. The zero-order chi connectivity index (χ0) is 13.6. The monoisotopic (exact) mass is 276 g/mol. The van der Waals surface area contributed by atoms with Crippen molar-refractivity contribution in [2.75, 3.05) is 0 Å². The van der Waals surface area contributed by atoms with Crippen LogP contribution in [0.25, 0.3) is 0 Å². The van der Waals surface area contributed by atoms with E-state index in [1.807, 2.05) is 0 Å².